The average molecular weight is 462 g/mol. The number of rotatable bonds is 16. The molecule has 182 valence electrons. The number of benzene rings is 2. The first-order valence-corrected chi connectivity index (χ1v) is 13.1. The number of anilines is 1. The quantitative estimate of drug-likeness (QED) is 0.217. The third kappa shape index (κ3) is 9.12. The number of carbonyl (C=O) groups is 1. The van der Waals surface area contributed by atoms with Gasteiger partial charge in [-0.1, -0.05) is 95.8 Å². The lowest BCUT2D eigenvalue weighted by Crippen LogP contribution is -2.10. The highest BCUT2D eigenvalue weighted by Crippen LogP contribution is 2.25. The maximum absolute atomic E-state index is 12.3. The van der Waals surface area contributed by atoms with Crippen LogP contribution in [0.25, 0.3) is 22.9 Å². The second kappa shape index (κ2) is 15.0. The molecule has 2 aromatic carbocycles. The molecule has 1 amide bonds. The minimum atomic E-state index is 0.0731. The third-order valence-corrected chi connectivity index (χ3v) is 6.12. The van der Waals surface area contributed by atoms with E-state index in [2.05, 4.69) is 22.4 Å². The lowest BCUT2D eigenvalue weighted by Gasteiger charge is -2.06. The lowest BCUT2D eigenvalue weighted by molar-refractivity contribution is -0.116. The molecule has 3 rings (SSSR count). The van der Waals surface area contributed by atoms with Gasteiger partial charge in [-0.3, -0.25) is 4.79 Å². The van der Waals surface area contributed by atoms with Crippen LogP contribution in [-0.2, 0) is 4.79 Å². The van der Waals surface area contributed by atoms with Crippen molar-refractivity contribution in [2.45, 2.75) is 90.4 Å². The molecule has 0 aliphatic heterocycles. The highest BCUT2D eigenvalue weighted by Gasteiger charge is 2.10. The van der Waals surface area contributed by atoms with E-state index in [1.807, 2.05) is 54.6 Å². The Morgan fingerprint density at radius 3 is 1.74 bits per heavy atom. The Kier molecular flexibility index (Phi) is 11.4. The summed E-state index contributed by atoms with van der Waals surface area (Å²) in [6, 6.07) is 17.2. The van der Waals surface area contributed by atoms with Gasteiger partial charge in [-0.25, -0.2) is 0 Å². The van der Waals surface area contributed by atoms with Crippen molar-refractivity contribution in [3.63, 3.8) is 0 Å². The van der Waals surface area contributed by atoms with Crippen LogP contribution in [0.5, 0.6) is 0 Å². The van der Waals surface area contributed by atoms with Crippen molar-refractivity contribution in [2.24, 2.45) is 0 Å². The first-order chi connectivity index (χ1) is 16.8. The van der Waals surface area contributed by atoms with E-state index in [1.54, 1.807) is 0 Å². The maximum Gasteiger partial charge on any atom is 0.248 e. The van der Waals surface area contributed by atoms with E-state index < -0.39 is 0 Å². The van der Waals surface area contributed by atoms with Gasteiger partial charge in [0.1, 0.15) is 0 Å². The lowest BCUT2D eigenvalue weighted by atomic mass is 10.0. The van der Waals surface area contributed by atoms with Crippen molar-refractivity contribution in [1.29, 1.82) is 0 Å². The molecule has 0 saturated heterocycles. The van der Waals surface area contributed by atoms with Gasteiger partial charge in [0.05, 0.1) is 0 Å². The highest BCUT2D eigenvalue weighted by atomic mass is 16.4. The van der Waals surface area contributed by atoms with Crippen molar-refractivity contribution < 1.29 is 9.21 Å². The van der Waals surface area contributed by atoms with Crippen LogP contribution in [0.3, 0.4) is 0 Å². The Labute approximate surface area is 204 Å². The van der Waals surface area contributed by atoms with Gasteiger partial charge in [0.15, 0.2) is 0 Å². The molecule has 0 spiro atoms. The zero-order chi connectivity index (χ0) is 23.8. The van der Waals surface area contributed by atoms with Gasteiger partial charge in [-0.2, -0.15) is 0 Å². The summed E-state index contributed by atoms with van der Waals surface area (Å²) in [5, 5.41) is 11.3. The van der Waals surface area contributed by atoms with Gasteiger partial charge < -0.3 is 9.73 Å². The van der Waals surface area contributed by atoms with Crippen LogP contribution >= 0.6 is 0 Å². The first-order valence-electron chi connectivity index (χ1n) is 13.1. The number of amides is 1. The molecule has 0 atom stereocenters. The topological polar surface area (TPSA) is 68.0 Å². The van der Waals surface area contributed by atoms with Crippen LogP contribution in [0.2, 0.25) is 0 Å². The molecular formula is C29H39N3O2. The molecule has 0 aliphatic rings. The highest BCUT2D eigenvalue weighted by molar-refractivity contribution is 5.90. The van der Waals surface area contributed by atoms with E-state index >= 15 is 0 Å². The molecule has 0 unspecified atom stereocenters. The van der Waals surface area contributed by atoms with Crippen LogP contribution in [0.1, 0.15) is 90.4 Å². The SMILES string of the molecule is CCCCCCCCCCCCCCC(=O)Nc1ccc(-c2nnc(-c3ccccc3)o2)cc1. The standard InChI is InChI=1S/C29H39N3O2/c1-2-3-4-5-6-7-8-9-10-11-12-16-19-27(33)30-26-22-20-25(21-23-26)29-32-31-28(34-29)24-17-14-13-15-18-24/h13-15,17-18,20-23H,2-12,16,19H2,1H3,(H,30,33). The molecule has 3 aromatic rings. The van der Waals surface area contributed by atoms with E-state index in [4.69, 9.17) is 4.42 Å². The minimum absolute atomic E-state index is 0.0731. The van der Waals surface area contributed by atoms with Gasteiger partial charge in [-0.05, 0) is 42.8 Å². The normalized spacial score (nSPS) is 11.0. The second-order valence-corrected chi connectivity index (χ2v) is 9.04. The fourth-order valence-corrected chi connectivity index (χ4v) is 4.08. The molecule has 0 aliphatic carbocycles. The molecule has 0 fully saturated rings. The Hall–Kier alpha value is -2.95. The Morgan fingerprint density at radius 2 is 1.18 bits per heavy atom. The number of aromatic nitrogens is 2. The van der Waals surface area contributed by atoms with Gasteiger partial charge in [0.2, 0.25) is 17.7 Å². The van der Waals surface area contributed by atoms with E-state index in [9.17, 15) is 4.79 Å². The molecule has 0 saturated carbocycles. The fraction of sp³-hybridized carbons (Fsp3) is 0.483. The molecular weight excluding hydrogens is 422 g/mol. The molecule has 0 radical (unpaired) electrons. The minimum Gasteiger partial charge on any atom is -0.416 e. The van der Waals surface area contributed by atoms with Crippen molar-refractivity contribution >= 4 is 11.6 Å². The smallest absolute Gasteiger partial charge is 0.248 e. The number of hydrogen-bond donors (Lipinski definition) is 1. The molecule has 34 heavy (non-hydrogen) atoms. The average Bonchev–Trinajstić information content (AvgIpc) is 3.36. The van der Waals surface area contributed by atoms with Crippen molar-refractivity contribution in [3.05, 3.63) is 54.6 Å². The molecule has 5 nitrogen and oxygen atoms in total. The van der Waals surface area contributed by atoms with Gasteiger partial charge in [-0.15, -0.1) is 10.2 Å². The van der Waals surface area contributed by atoms with Gasteiger partial charge >= 0.3 is 0 Å². The maximum atomic E-state index is 12.3. The van der Waals surface area contributed by atoms with Crippen molar-refractivity contribution in [2.75, 3.05) is 5.32 Å². The van der Waals surface area contributed by atoms with Gasteiger partial charge in [0, 0.05) is 23.2 Å². The first kappa shape index (κ1) is 25.7. The molecule has 0 bridgehead atoms. The fourth-order valence-electron chi connectivity index (χ4n) is 4.08. The predicted octanol–water partition coefficient (Wildman–Crippen LogP) is 8.43. The monoisotopic (exact) mass is 461 g/mol. The Bertz CT molecular complexity index is 951. The molecule has 1 N–H and O–H groups in total. The summed E-state index contributed by atoms with van der Waals surface area (Å²) >= 11 is 0. The molecule has 5 heteroatoms. The van der Waals surface area contributed by atoms with E-state index in [0.717, 1.165) is 29.7 Å². The number of nitrogens with one attached hydrogen (secondary N) is 1. The summed E-state index contributed by atoms with van der Waals surface area (Å²) in [4.78, 5) is 12.3. The van der Waals surface area contributed by atoms with Gasteiger partial charge in [0.25, 0.3) is 0 Å². The summed E-state index contributed by atoms with van der Waals surface area (Å²) in [6.45, 7) is 2.26. The van der Waals surface area contributed by atoms with Crippen molar-refractivity contribution in [3.8, 4) is 22.9 Å². The summed E-state index contributed by atoms with van der Waals surface area (Å²) in [7, 11) is 0. The summed E-state index contributed by atoms with van der Waals surface area (Å²) in [5.41, 5.74) is 2.51. The Morgan fingerprint density at radius 1 is 0.676 bits per heavy atom. The second-order valence-electron chi connectivity index (χ2n) is 9.04. The van der Waals surface area contributed by atoms with Crippen LogP contribution < -0.4 is 5.32 Å². The van der Waals surface area contributed by atoms with Crippen LogP contribution in [0.4, 0.5) is 5.69 Å². The summed E-state index contributed by atoms with van der Waals surface area (Å²) < 4.78 is 5.79. The third-order valence-electron chi connectivity index (χ3n) is 6.12. The van der Waals surface area contributed by atoms with Crippen molar-refractivity contribution in [1.82, 2.24) is 10.2 Å². The largest absolute Gasteiger partial charge is 0.416 e. The number of hydrogen-bond acceptors (Lipinski definition) is 4. The number of unbranched alkanes of at least 4 members (excludes halogenated alkanes) is 11. The van der Waals surface area contributed by atoms with E-state index in [-0.39, 0.29) is 5.91 Å². The Balaban J connectivity index is 1.28. The number of nitrogens with zero attached hydrogens (tertiary/aromatic N) is 2. The van der Waals surface area contributed by atoms with E-state index in [1.165, 1.54) is 64.2 Å². The van der Waals surface area contributed by atoms with Crippen LogP contribution in [-0.4, -0.2) is 16.1 Å². The number of carbonyl (C=O) groups excluding carboxylic acids is 1. The zero-order valence-corrected chi connectivity index (χ0v) is 20.6. The molecule has 1 aromatic heterocycles. The van der Waals surface area contributed by atoms with Crippen LogP contribution in [0, 0.1) is 0 Å². The van der Waals surface area contributed by atoms with E-state index in [0.29, 0.717) is 18.2 Å². The summed E-state index contributed by atoms with van der Waals surface area (Å²) in [6.07, 6.45) is 16.1. The molecule has 1 heterocycles. The van der Waals surface area contributed by atoms with Crippen LogP contribution in [0.15, 0.2) is 59.0 Å². The predicted molar refractivity (Wildman–Crippen MR) is 139 cm³/mol. The summed E-state index contributed by atoms with van der Waals surface area (Å²) in [5.74, 6) is 1.03. The zero-order valence-electron chi connectivity index (χ0n) is 20.6.